The predicted octanol–water partition coefficient (Wildman–Crippen LogP) is 2.19. The van der Waals surface area contributed by atoms with Gasteiger partial charge in [-0.15, -0.1) is 0 Å². The summed E-state index contributed by atoms with van der Waals surface area (Å²) in [6.45, 7) is 9.09. The average molecular weight is 212 g/mol. The van der Waals surface area contributed by atoms with E-state index in [2.05, 4.69) is 0 Å². The predicted molar refractivity (Wildman–Crippen MR) is 57.3 cm³/mol. The van der Waals surface area contributed by atoms with Crippen molar-refractivity contribution in [1.82, 2.24) is 0 Å². The molecule has 0 heterocycles. The highest BCUT2D eigenvalue weighted by Gasteiger charge is 2.43. The van der Waals surface area contributed by atoms with Gasteiger partial charge in [0.25, 0.3) is 0 Å². The Labute approximate surface area is 91.2 Å². The second kappa shape index (κ2) is 3.95. The first-order valence-corrected chi connectivity index (χ1v) is 5.49. The van der Waals surface area contributed by atoms with E-state index >= 15 is 0 Å². The molecule has 1 fully saturated rings. The molecule has 0 spiro atoms. The van der Waals surface area contributed by atoms with Gasteiger partial charge in [0.05, 0.1) is 0 Å². The average Bonchev–Trinajstić information content (AvgIpc) is 2.77. The maximum absolute atomic E-state index is 11.7. The lowest BCUT2D eigenvalue weighted by atomic mass is 10.0. The van der Waals surface area contributed by atoms with Gasteiger partial charge in [-0.1, -0.05) is 6.92 Å². The highest BCUT2D eigenvalue weighted by Crippen LogP contribution is 2.40. The molecule has 1 aliphatic carbocycles. The third-order valence-electron chi connectivity index (χ3n) is 2.66. The summed E-state index contributed by atoms with van der Waals surface area (Å²) in [7, 11) is 0. The Bertz CT molecular complexity index is 275. The van der Waals surface area contributed by atoms with Crippen LogP contribution in [-0.4, -0.2) is 17.4 Å². The van der Waals surface area contributed by atoms with Gasteiger partial charge < -0.3 is 4.74 Å². The molecular weight excluding hydrogens is 192 g/mol. The molecule has 86 valence electrons. The minimum absolute atomic E-state index is 0.0387. The summed E-state index contributed by atoms with van der Waals surface area (Å²) in [5, 5.41) is 0. The van der Waals surface area contributed by atoms with Crippen LogP contribution in [0.5, 0.6) is 0 Å². The first-order chi connectivity index (χ1) is 6.72. The normalized spacial score (nSPS) is 27.0. The van der Waals surface area contributed by atoms with Crippen LogP contribution < -0.4 is 0 Å². The summed E-state index contributed by atoms with van der Waals surface area (Å²) in [5.74, 6) is -0.433. The molecule has 0 aliphatic heterocycles. The minimum atomic E-state index is -0.612. The van der Waals surface area contributed by atoms with Crippen molar-refractivity contribution in [2.75, 3.05) is 0 Å². The Morgan fingerprint density at radius 2 is 1.80 bits per heavy atom. The van der Waals surface area contributed by atoms with Crippen LogP contribution in [0.3, 0.4) is 0 Å². The van der Waals surface area contributed by atoms with Crippen molar-refractivity contribution in [2.24, 2.45) is 17.8 Å². The van der Waals surface area contributed by atoms with Crippen molar-refractivity contribution in [3.63, 3.8) is 0 Å². The number of hydrogen-bond acceptors (Lipinski definition) is 3. The van der Waals surface area contributed by atoms with Crippen LogP contribution in [0, 0.1) is 17.8 Å². The molecule has 3 unspecified atom stereocenters. The molecule has 3 nitrogen and oxygen atoms in total. The van der Waals surface area contributed by atoms with Gasteiger partial charge in [-0.05, 0) is 40.0 Å². The van der Waals surface area contributed by atoms with E-state index in [-0.39, 0.29) is 11.7 Å². The van der Waals surface area contributed by atoms with Crippen LogP contribution in [0.2, 0.25) is 0 Å². The van der Waals surface area contributed by atoms with Crippen LogP contribution in [0.1, 0.15) is 41.0 Å². The van der Waals surface area contributed by atoms with E-state index in [0.717, 1.165) is 6.42 Å². The van der Waals surface area contributed by atoms with Crippen LogP contribution in [0.4, 0.5) is 0 Å². The van der Waals surface area contributed by atoms with E-state index in [9.17, 15) is 9.59 Å². The maximum atomic E-state index is 11.7. The molecule has 3 atom stereocenters. The van der Waals surface area contributed by atoms with Gasteiger partial charge in [0.1, 0.15) is 17.3 Å². The lowest BCUT2D eigenvalue weighted by molar-refractivity contribution is -0.161. The zero-order chi connectivity index (χ0) is 11.8. The second-order valence-corrected chi connectivity index (χ2v) is 5.48. The molecule has 3 heteroatoms. The molecule has 0 aromatic heterocycles. The Morgan fingerprint density at radius 3 is 2.13 bits per heavy atom. The first kappa shape index (κ1) is 12.2. The first-order valence-electron chi connectivity index (χ1n) is 5.49. The molecule has 1 aliphatic rings. The number of rotatable bonds is 3. The highest BCUT2D eigenvalue weighted by molar-refractivity contribution is 6.01. The third kappa shape index (κ3) is 3.33. The SMILES string of the molecule is CC(C(=O)OC(C)(C)C)C(=O)C1CC1C. The summed E-state index contributed by atoms with van der Waals surface area (Å²) in [5.41, 5.74) is -0.513. The Morgan fingerprint density at radius 1 is 1.33 bits per heavy atom. The van der Waals surface area contributed by atoms with Crippen molar-refractivity contribution in [2.45, 2.75) is 46.6 Å². The fraction of sp³-hybridized carbons (Fsp3) is 0.833. The Kier molecular flexibility index (Phi) is 3.22. The molecule has 15 heavy (non-hydrogen) atoms. The molecule has 0 N–H and O–H groups in total. The largest absolute Gasteiger partial charge is 0.459 e. The lowest BCUT2D eigenvalue weighted by Crippen LogP contribution is -2.32. The van der Waals surface area contributed by atoms with Crippen LogP contribution in [0.15, 0.2) is 0 Å². The van der Waals surface area contributed by atoms with Crippen molar-refractivity contribution in [3.05, 3.63) is 0 Å². The standard InChI is InChI=1S/C12H20O3/c1-7-6-9(7)10(13)8(2)11(14)15-12(3,4)5/h7-9H,6H2,1-5H3. The quantitative estimate of drug-likeness (QED) is 0.532. The molecule has 0 aromatic carbocycles. The van der Waals surface area contributed by atoms with Gasteiger partial charge in [0.2, 0.25) is 0 Å². The molecule has 0 aromatic rings. The number of ether oxygens (including phenoxy) is 1. The van der Waals surface area contributed by atoms with Gasteiger partial charge in [0.15, 0.2) is 0 Å². The van der Waals surface area contributed by atoms with Crippen LogP contribution in [-0.2, 0) is 14.3 Å². The highest BCUT2D eigenvalue weighted by atomic mass is 16.6. The van der Waals surface area contributed by atoms with E-state index in [1.54, 1.807) is 6.92 Å². The van der Waals surface area contributed by atoms with Gasteiger partial charge in [-0.3, -0.25) is 9.59 Å². The zero-order valence-electron chi connectivity index (χ0n) is 10.2. The van der Waals surface area contributed by atoms with E-state index in [1.165, 1.54) is 0 Å². The number of ketones is 1. The van der Waals surface area contributed by atoms with Gasteiger partial charge in [-0.25, -0.2) is 0 Å². The molecule has 0 radical (unpaired) electrons. The fourth-order valence-corrected chi connectivity index (χ4v) is 1.55. The number of esters is 1. The van der Waals surface area contributed by atoms with Crippen LogP contribution >= 0.6 is 0 Å². The number of hydrogen-bond donors (Lipinski definition) is 0. The molecule has 1 rings (SSSR count). The van der Waals surface area contributed by atoms with Crippen LogP contribution in [0.25, 0.3) is 0 Å². The smallest absolute Gasteiger partial charge is 0.316 e. The summed E-state index contributed by atoms with van der Waals surface area (Å²) in [6.07, 6.45) is 0.923. The molecule has 0 saturated heterocycles. The lowest BCUT2D eigenvalue weighted by Gasteiger charge is -2.21. The molecule has 0 amide bonds. The summed E-state index contributed by atoms with van der Waals surface area (Å²) in [6, 6.07) is 0. The second-order valence-electron chi connectivity index (χ2n) is 5.48. The van der Waals surface area contributed by atoms with E-state index < -0.39 is 17.5 Å². The molecule has 1 saturated carbocycles. The Balaban J connectivity index is 2.49. The van der Waals surface area contributed by atoms with E-state index in [1.807, 2.05) is 27.7 Å². The number of carbonyl (C=O) groups is 2. The number of carbonyl (C=O) groups excluding carboxylic acids is 2. The third-order valence-corrected chi connectivity index (χ3v) is 2.66. The molecule has 0 bridgehead atoms. The van der Waals surface area contributed by atoms with E-state index in [4.69, 9.17) is 4.74 Å². The van der Waals surface area contributed by atoms with Crippen molar-refractivity contribution in [3.8, 4) is 0 Å². The van der Waals surface area contributed by atoms with Gasteiger partial charge >= 0.3 is 5.97 Å². The van der Waals surface area contributed by atoms with Gasteiger partial charge in [-0.2, -0.15) is 0 Å². The maximum Gasteiger partial charge on any atom is 0.316 e. The van der Waals surface area contributed by atoms with Crippen molar-refractivity contribution < 1.29 is 14.3 Å². The van der Waals surface area contributed by atoms with Gasteiger partial charge in [0, 0.05) is 5.92 Å². The molecular formula is C12H20O3. The van der Waals surface area contributed by atoms with Crippen molar-refractivity contribution in [1.29, 1.82) is 0 Å². The van der Waals surface area contributed by atoms with Crippen molar-refractivity contribution >= 4 is 11.8 Å². The minimum Gasteiger partial charge on any atom is -0.459 e. The number of Topliss-reactive ketones (excluding diaryl/α,β-unsaturated/α-hetero) is 1. The fourth-order valence-electron chi connectivity index (χ4n) is 1.55. The summed E-state index contributed by atoms with van der Waals surface area (Å²) < 4.78 is 5.17. The Hall–Kier alpha value is -0.860. The monoisotopic (exact) mass is 212 g/mol. The summed E-state index contributed by atoms with van der Waals surface area (Å²) >= 11 is 0. The topological polar surface area (TPSA) is 43.4 Å². The zero-order valence-corrected chi connectivity index (χ0v) is 10.2. The summed E-state index contributed by atoms with van der Waals surface area (Å²) in [4.78, 5) is 23.3. The van der Waals surface area contributed by atoms with E-state index in [0.29, 0.717) is 5.92 Å².